The first-order chi connectivity index (χ1) is 15.6. The summed E-state index contributed by atoms with van der Waals surface area (Å²) in [7, 11) is 0. The van der Waals surface area contributed by atoms with Crippen molar-refractivity contribution in [3.8, 4) is 0 Å². The number of amides is 2. The lowest BCUT2D eigenvalue weighted by molar-refractivity contribution is 0.105. The zero-order valence-corrected chi connectivity index (χ0v) is 18.5. The predicted octanol–water partition coefficient (Wildman–Crippen LogP) is 4.37. The summed E-state index contributed by atoms with van der Waals surface area (Å²) < 4.78 is 0. The Balaban J connectivity index is 1.36. The van der Waals surface area contributed by atoms with Crippen molar-refractivity contribution in [3.63, 3.8) is 0 Å². The maximum absolute atomic E-state index is 13.1. The third-order valence-electron chi connectivity index (χ3n) is 6.72. The summed E-state index contributed by atoms with van der Waals surface area (Å²) in [5.41, 5.74) is 4.25. The molecule has 2 aromatic carbocycles. The molecule has 2 amide bonds. The number of hydrogen-bond donors (Lipinski definition) is 1. The molecule has 0 aliphatic carbocycles. The fourth-order valence-electron chi connectivity index (χ4n) is 5.01. The maximum atomic E-state index is 13.1. The number of benzene rings is 2. The molecule has 5 rings (SSSR count). The molecule has 6 nitrogen and oxygen atoms in total. The summed E-state index contributed by atoms with van der Waals surface area (Å²) in [6.45, 7) is 6.13. The fourth-order valence-corrected chi connectivity index (χ4v) is 5.01. The number of urea groups is 1. The molecule has 0 atom stereocenters. The summed E-state index contributed by atoms with van der Waals surface area (Å²) >= 11 is 0. The van der Waals surface area contributed by atoms with E-state index >= 15 is 0 Å². The maximum Gasteiger partial charge on any atom is 0.322 e. The van der Waals surface area contributed by atoms with Gasteiger partial charge in [-0.3, -0.25) is 4.90 Å². The topological polar surface area (TPSA) is 61.4 Å². The molecule has 2 aliphatic rings. The highest BCUT2D eigenvalue weighted by molar-refractivity contribution is 5.89. The summed E-state index contributed by atoms with van der Waals surface area (Å²) in [6, 6.07) is 20.2. The van der Waals surface area contributed by atoms with Crippen LogP contribution in [0, 0.1) is 6.92 Å². The van der Waals surface area contributed by atoms with E-state index in [0.29, 0.717) is 13.1 Å². The third-order valence-corrected chi connectivity index (χ3v) is 6.72. The molecule has 0 bridgehead atoms. The Morgan fingerprint density at radius 3 is 2.44 bits per heavy atom. The van der Waals surface area contributed by atoms with Gasteiger partial charge in [0.05, 0.1) is 12.2 Å². The summed E-state index contributed by atoms with van der Waals surface area (Å²) in [5, 5.41) is 3.05. The number of anilines is 1. The van der Waals surface area contributed by atoms with Gasteiger partial charge in [-0.1, -0.05) is 48.5 Å². The highest BCUT2D eigenvalue weighted by Gasteiger charge is 2.44. The molecule has 6 heteroatoms. The lowest BCUT2D eigenvalue weighted by atomic mass is 9.71. The van der Waals surface area contributed by atoms with Gasteiger partial charge in [0.15, 0.2) is 0 Å². The van der Waals surface area contributed by atoms with E-state index in [2.05, 4.69) is 45.5 Å². The van der Waals surface area contributed by atoms with Crippen molar-refractivity contribution in [2.24, 2.45) is 0 Å². The fraction of sp³-hybridized carbons (Fsp3) is 0.346. The highest BCUT2D eigenvalue weighted by Crippen LogP contribution is 2.41. The van der Waals surface area contributed by atoms with Crippen molar-refractivity contribution in [1.29, 1.82) is 0 Å². The van der Waals surface area contributed by atoms with Gasteiger partial charge >= 0.3 is 6.03 Å². The SMILES string of the molecule is Cc1ncc2c(n1)C1(CCN(Cc3ccccc3)CC1)CN(C(=O)Nc1ccccc1)C2. The number of likely N-dealkylation sites (tertiary alicyclic amines) is 1. The van der Waals surface area contributed by atoms with Crippen LogP contribution in [0.25, 0.3) is 0 Å². The zero-order chi connectivity index (χ0) is 22.0. The molecule has 1 saturated heterocycles. The Hall–Kier alpha value is -3.25. The lowest BCUT2D eigenvalue weighted by Crippen LogP contribution is -2.54. The number of para-hydroxylation sites is 1. The van der Waals surface area contributed by atoms with Crippen molar-refractivity contribution in [2.75, 3.05) is 25.0 Å². The average Bonchev–Trinajstić information content (AvgIpc) is 2.82. The molecule has 164 valence electrons. The van der Waals surface area contributed by atoms with E-state index in [1.807, 2.05) is 48.4 Å². The Morgan fingerprint density at radius 1 is 1.03 bits per heavy atom. The number of fused-ring (bicyclic) bond motifs is 2. The first kappa shape index (κ1) is 20.6. The minimum Gasteiger partial charge on any atom is -0.319 e. The second-order valence-corrected chi connectivity index (χ2v) is 8.99. The molecule has 1 fully saturated rings. The van der Waals surface area contributed by atoms with Gasteiger partial charge in [0.2, 0.25) is 0 Å². The van der Waals surface area contributed by atoms with Crippen molar-refractivity contribution >= 4 is 11.7 Å². The van der Waals surface area contributed by atoms with Crippen molar-refractivity contribution in [1.82, 2.24) is 19.8 Å². The Bertz CT molecular complexity index is 1080. The smallest absolute Gasteiger partial charge is 0.319 e. The summed E-state index contributed by atoms with van der Waals surface area (Å²) in [6.07, 6.45) is 3.88. The molecule has 1 N–H and O–H groups in total. The number of piperidine rings is 1. The standard InChI is InChI=1S/C26H29N5O/c1-20-27-16-22-18-31(25(32)29-23-10-6-3-7-11-23)19-26(24(22)28-20)12-14-30(15-13-26)17-21-8-4-2-5-9-21/h2-11,16H,12-15,17-19H2,1H3,(H,29,32). The van der Waals surface area contributed by atoms with Crippen LogP contribution in [0.5, 0.6) is 0 Å². The monoisotopic (exact) mass is 427 g/mol. The molecule has 1 aromatic heterocycles. The highest BCUT2D eigenvalue weighted by atomic mass is 16.2. The molecule has 3 heterocycles. The first-order valence-electron chi connectivity index (χ1n) is 11.3. The van der Waals surface area contributed by atoms with Crippen LogP contribution in [0.3, 0.4) is 0 Å². The zero-order valence-electron chi connectivity index (χ0n) is 18.5. The van der Waals surface area contributed by atoms with E-state index in [0.717, 1.165) is 55.2 Å². The number of carbonyl (C=O) groups excluding carboxylic acids is 1. The van der Waals surface area contributed by atoms with E-state index in [9.17, 15) is 4.79 Å². The molecule has 3 aromatic rings. The number of nitrogens with one attached hydrogen (secondary N) is 1. The second kappa shape index (κ2) is 8.71. The van der Waals surface area contributed by atoms with E-state index in [1.54, 1.807) is 0 Å². The Labute approximate surface area is 189 Å². The van der Waals surface area contributed by atoms with E-state index in [4.69, 9.17) is 4.98 Å². The normalized spacial score (nSPS) is 17.7. The Kier molecular flexibility index (Phi) is 5.62. The van der Waals surface area contributed by atoms with E-state index in [-0.39, 0.29) is 11.4 Å². The number of aromatic nitrogens is 2. The van der Waals surface area contributed by atoms with Gasteiger partial charge in [-0.15, -0.1) is 0 Å². The molecule has 0 unspecified atom stereocenters. The van der Waals surface area contributed by atoms with Gasteiger partial charge < -0.3 is 10.2 Å². The van der Waals surface area contributed by atoms with Crippen molar-refractivity contribution in [2.45, 2.75) is 38.3 Å². The van der Waals surface area contributed by atoms with Crippen LogP contribution in [0.15, 0.2) is 66.9 Å². The minimum absolute atomic E-state index is 0.0616. The molecule has 32 heavy (non-hydrogen) atoms. The van der Waals surface area contributed by atoms with Crippen LogP contribution in [-0.4, -0.2) is 45.4 Å². The van der Waals surface area contributed by atoms with Crippen molar-refractivity contribution < 1.29 is 4.79 Å². The van der Waals surface area contributed by atoms with Crippen LogP contribution < -0.4 is 5.32 Å². The van der Waals surface area contributed by atoms with Crippen LogP contribution in [0.2, 0.25) is 0 Å². The number of hydrogen-bond acceptors (Lipinski definition) is 4. The molecular formula is C26H29N5O. The third kappa shape index (κ3) is 4.23. The second-order valence-electron chi connectivity index (χ2n) is 8.99. The number of nitrogens with zero attached hydrogens (tertiary/aromatic N) is 4. The minimum atomic E-state index is -0.123. The molecular weight excluding hydrogens is 398 g/mol. The number of aryl methyl sites for hydroxylation is 1. The molecule has 2 aliphatic heterocycles. The first-order valence-corrected chi connectivity index (χ1v) is 11.3. The quantitative estimate of drug-likeness (QED) is 0.674. The summed E-state index contributed by atoms with van der Waals surface area (Å²) in [4.78, 5) is 26.9. The van der Waals surface area contributed by atoms with Crippen LogP contribution in [0.4, 0.5) is 10.5 Å². The average molecular weight is 428 g/mol. The van der Waals surface area contributed by atoms with Gasteiger partial charge in [0.1, 0.15) is 5.82 Å². The molecule has 0 radical (unpaired) electrons. The van der Waals surface area contributed by atoms with E-state index in [1.165, 1.54) is 5.56 Å². The lowest BCUT2D eigenvalue weighted by Gasteiger charge is -2.47. The van der Waals surface area contributed by atoms with Gasteiger partial charge in [-0.2, -0.15) is 0 Å². The molecule has 1 spiro atoms. The van der Waals surface area contributed by atoms with Gasteiger partial charge in [0.25, 0.3) is 0 Å². The Morgan fingerprint density at radius 2 is 1.72 bits per heavy atom. The number of carbonyl (C=O) groups is 1. The van der Waals surface area contributed by atoms with Gasteiger partial charge in [-0.25, -0.2) is 14.8 Å². The largest absolute Gasteiger partial charge is 0.322 e. The van der Waals surface area contributed by atoms with Gasteiger partial charge in [-0.05, 0) is 50.6 Å². The van der Waals surface area contributed by atoms with E-state index < -0.39 is 0 Å². The van der Waals surface area contributed by atoms with Crippen molar-refractivity contribution in [3.05, 3.63) is 89.5 Å². The molecule has 0 saturated carbocycles. The van der Waals surface area contributed by atoms with Crippen LogP contribution in [-0.2, 0) is 18.5 Å². The summed E-state index contributed by atoms with van der Waals surface area (Å²) in [5.74, 6) is 0.803. The van der Waals surface area contributed by atoms with Gasteiger partial charge in [0, 0.05) is 36.0 Å². The predicted molar refractivity (Wildman–Crippen MR) is 125 cm³/mol. The van der Waals surface area contributed by atoms with Crippen LogP contribution >= 0.6 is 0 Å². The number of rotatable bonds is 3. The van der Waals surface area contributed by atoms with Crippen LogP contribution in [0.1, 0.15) is 35.5 Å².